The summed E-state index contributed by atoms with van der Waals surface area (Å²) in [6.07, 6.45) is 1.59. The van der Waals surface area contributed by atoms with Crippen LogP contribution in [0.5, 0.6) is 0 Å². The van der Waals surface area contributed by atoms with Gasteiger partial charge in [-0.15, -0.1) is 0 Å². The van der Waals surface area contributed by atoms with Gasteiger partial charge in [0.05, 0.1) is 21.7 Å². The molecule has 1 N–H and O–H groups in total. The fourth-order valence-electron chi connectivity index (χ4n) is 2.56. The quantitative estimate of drug-likeness (QED) is 0.477. The molecule has 0 aliphatic rings. The van der Waals surface area contributed by atoms with Gasteiger partial charge >= 0.3 is 0 Å². The predicted octanol–water partition coefficient (Wildman–Crippen LogP) is 5.07. The van der Waals surface area contributed by atoms with Crippen molar-refractivity contribution >= 4 is 21.2 Å². The summed E-state index contributed by atoms with van der Waals surface area (Å²) >= 11 is 0. The first-order valence-electron chi connectivity index (χ1n) is 8.67. The van der Waals surface area contributed by atoms with Crippen LogP contribution in [-0.2, 0) is 9.84 Å². The van der Waals surface area contributed by atoms with Crippen LogP contribution in [0.3, 0.4) is 0 Å². The SMILES string of the molecule is C/C(=N/Nc1ccc(S(=O)(=O)c2ccc(C(C)C)cc2)cc1)c1ccco1. The molecular weight excluding hydrogens is 360 g/mol. The van der Waals surface area contributed by atoms with E-state index < -0.39 is 9.84 Å². The second-order valence-electron chi connectivity index (χ2n) is 6.54. The largest absolute Gasteiger partial charge is 0.463 e. The van der Waals surface area contributed by atoms with Crippen LogP contribution in [0.1, 0.15) is 38.0 Å². The summed E-state index contributed by atoms with van der Waals surface area (Å²) in [6, 6.07) is 17.2. The van der Waals surface area contributed by atoms with E-state index in [1.54, 1.807) is 48.7 Å². The molecule has 0 fully saturated rings. The van der Waals surface area contributed by atoms with Crippen LogP contribution in [0, 0.1) is 0 Å². The van der Waals surface area contributed by atoms with Gasteiger partial charge in [0.15, 0.2) is 0 Å². The third kappa shape index (κ3) is 4.28. The molecule has 1 aromatic heterocycles. The van der Waals surface area contributed by atoms with Crippen molar-refractivity contribution in [1.29, 1.82) is 0 Å². The monoisotopic (exact) mass is 382 g/mol. The predicted molar refractivity (Wildman–Crippen MR) is 107 cm³/mol. The number of nitrogens with zero attached hydrogens (tertiary/aromatic N) is 1. The average molecular weight is 382 g/mol. The van der Waals surface area contributed by atoms with E-state index >= 15 is 0 Å². The second kappa shape index (κ2) is 7.80. The van der Waals surface area contributed by atoms with Gasteiger partial charge in [-0.25, -0.2) is 8.42 Å². The number of benzene rings is 2. The van der Waals surface area contributed by atoms with Crippen LogP contribution in [-0.4, -0.2) is 14.1 Å². The van der Waals surface area contributed by atoms with Gasteiger partial charge in [0.1, 0.15) is 11.5 Å². The number of nitrogens with one attached hydrogen (secondary N) is 1. The Balaban J connectivity index is 1.77. The second-order valence-corrected chi connectivity index (χ2v) is 8.49. The lowest BCUT2D eigenvalue weighted by Crippen LogP contribution is -2.03. The Morgan fingerprint density at radius 2 is 1.56 bits per heavy atom. The molecule has 140 valence electrons. The van der Waals surface area contributed by atoms with Crippen molar-refractivity contribution in [2.45, 2.75) is 36.5 Å². The summed E-state index contributed by atoms with van der Waals surface area (Å²) in [4.78, 5) is 0.538. The lowest BCUT2D eigenvalue weighted by Gasteiger charge is -2.09. The van der Waals surface area contributed by atoms with Crippen LogP contribution < -0.4 is 5.43 Å². The van der Waals surface area contributed by atoms with Gasteiger partial charge in [-0.2, -0.15) is 5.10 Å². The number of sulfone groups is 1. The molecule has 0 saturated carbocycles. The topological polar surface area (TPSA) is 71.7 Å². The molecule has 0 bridgehead atoms. The summed E-state index contributed by atoms with van der Waals surface area (Å²) in [5.41, 5.74) is 5.40. The third-order valence-corrected chi connectivity index (χ3v) is 6.04. The van der Waals surface area contributed by atoms with Crippen LogP contribution in [0.4, 0.5) is 5.69 Å². The zero-order chi connectivity index (χ0) is 19.4. The lowest BCUT2D eigenvalue weighted by molar-refractivity contribution is 0.557. The maximum Gasteiger partial charge on any atom is 0.206 e. The Labute approximate surface area is 159 Å². The van der Waals surface area contributed by atoms with Gasteiger partial charge in [-0.1, -0.05) is 26.0 Å². The molecule has 0 unspecified atom stereocenters. The van der Waals surface area contributed by atoms with E-state index in [1.807, 2.05) is 25.1 Å². The van der Waals surface area contributed by atoms with E-state index in [0.29, 0.717) is 28.0 Å². The van der Waals surface area contributed by atoms with Gasteiger partial charge in [-0.05, 0) is 66.9 Å². The number of furan rings is 1. The van der Waals surface area contributed by atoms with Crippen molar-refractivity contribution in [2.24, 2.45) is 5.10 Å². The highest BCUT2D eigenvalue weighted by molar-refractivity contribution is 7.91. The summed E-state index contributed by atoms with van der Waals surface area (Å²) < 4.78 is 30.8. The van der Waals surface area contributed by atoms with Gasteiger partial charge in [0, 0.05) is 0 Å². The summed E-state index contributed by atoms with van der Waals surface area (Å²) in [7, 11) is -3.54. The molecular formula is C21H22N2O3S. The molecule has 1 heterocycles. The molecule has 0 saturated heterocycles. The molecule has 0 aliphatic carbocycles. The van der Waals surface area contributed by atoms with Crippen molar-refractivity contribution in [3.05, 3.63) is 78.3 Å². The molecule has 0 atom stereocenters. The van der Waals surface area contributed by atoms with Crippen LogP contribution in [0.25, 0.3) is 0 Å². The highest BCUT2D eigenvalue weighted by Crippen LogP contribution is 2.24. The summed E-state index contributed by atoms with van der Waals surface area (Å²) in [5.74, 6) is 1.03. The van der Waals surface area contributed by atoms with Crippen molar-refractivity contribution in [3.8, 4) is 0 Å². The number of rotatable bonds is 6. The normalized spacial score (nSPS) is 12.4. The molecule has 6 heteroatoms. The number of hydrogen-bond acceptors (Lipinski definition) is 5. The first-order chi connectivity index (χ1) is 12.9. The Morgan fingerprint density at radius 1 is 0.963 bits per heavy atom. The molecule has 3 rings (SSSR count). The van der Waals surface area contributed by atoms with Gasteiger partial charge in [0.25, 0.3) is 0 Å². The zero-order valence-corrected chi connectivity index (χ0v) is 16.3. The molecule has 0 amide bonds. The number of hydrazone groups is 1. The van der Waals surface area contributed by atoms with Crippen molar-refractivity contribution in [1.82, 2.24) is 0 Å². The van der Waals surface area contributed by atoms with Crippen LogP contribution in [0.2, 0.25) is 0 Å². The van der Waals surface area contributed by atoms with E-state index in [9.17, 15) is 8.42 Å². The highest BCUT2D eigenvalue weighted by atomic mass is 32.2. The fraction of sp³-hybridized carbons (Fsp3) is 0.190. The minimum atomic E-state index is -3.54. The number of hydrogen-bond donors (Lipinski definition) is 1. The minimum absolute atomic E-state index is 0.247. The summed E-state index contributed by atoms with van der Waals surface area (Å²) in [6.45, 7) is 5.97. The first-order valence-corrected chi connectivity index (χ1v) is 10.2. The standard InChI is InChI=1S/C21H22N2O3S/c1-15(2)17-6-10-19(11-7-17)27(24,25)20-12-8-18(9-13-20)23-22-16(3)21-5-4-14-26-21/h4-15,23H,1-3H3/b22-16-. The number of anilines is 1. The van der Waals surface area contributed by atoms with E-state index in [-0.39, 0.29) is 4.90 Å². The third-order valence-electron chi connectivity index (χ3n) is 4.25. The van der Waals surface area contributed by atoms with E-state index in [1.165, 1.54) is 0 Å². The Hall–Kier alpha value is -2.86. The Bertz CT molecular complexity index is 1020. The van der Waals surface area contributed by atoms with Crippen LogP contribution in [0.15, 0.2) is 86.2 Å². The molecule has 27 heavy (non-hydrogen) atoms. The molecule has 5 nitrogen and oxygen atoms in total. The molecule has 0 spiro atoms. The maximum atomic E-state index is 12.8. The fourth-order valence-corrected chi connectivity index (χ4v) is 3.83. The van der Waals surface area contributed by atoms with Crippen molar-refractivity contribution in [3.63, 3.8) is 0 Å². The molecule has 0 aliphatic heterocycles. The maximum absolute atomic E-state index is 12.8. The van der Waals surface area contributed by atoms with Gasteiger partial charge in [0.2, 0.25) is 9.84 Å². The van der Waals surface area contributed by atoms with E-state index in [0.717, 1.165) is 5.56 Å². The minimum Gasteiger partial charge on any atom is -0.463 e. The van der Waals surface area contributed by atoms with Crippen molar-refractivity contribution in [2.75, 3.05) is 5.43 Å². The van der Waals surface area contributed by atoms with Crippen LogP contribution >= 0.6 is 0 Å². The first kappa shape index (κ1) is 18.9. The molecule has 3 aromatic rings. The van der Waals surface area contributed by atoms with Crippen molar-refractivity contribution < 1.29 is 12.8 Å². The zero-order valence-electron chi connectivity index (χ0n) is 15.5. The average Bonchev–Trinajstić information content (AvgIpc) is 3.21. The molecule has 2 aromatic carbocycles. The summed E-state index contributed by atoms with van der Waals surface area (Å²) in [5, 5.41) is 4.24. The van der Waals surface area contributed by atoms with Gasteiger partial charge in [-0.3, -0.25) is 5.43 Å². The Kier molecular flexibility index (Phi) is 5.46. The highest BCUT2D eigenvalue weighted by Gasteiger charge is 2.17. The van der Waals surface area contributed by atoms with E-state index in [4.69, 9.17) is 4.42 Å². The van der Waals surface area contributed by atoms with E-state index in [2.05, 4.69) is 24.4 Å². The molecule has 0 radical (unpaired) electrons. The lowest BCUT2D eigenvalue weighted by atomic mass is 10.0. The van der Waals surface area contributed by atoms with Gasteiger partial charge < -0.3 is 4.42 Å². The Morgan fingerprint density at radius 3 is 2.07 bits per heavy atom. The smallest absolute Gasteiger partial charge is 0.206 e.